The highest BCUT2D eigenvalue weighted by Crippen LogP contribution is 2.63. The Morgan fingerprint density at radius 3 is 2.43 bits per heavy atom. The maximum absolute atomic E-state index is 12.7. The Bertz CT molecular complexity index is 607. The third-order valence-corrected chi connectivity index (χ3v) is 7.51. The molecule has 2 saturated carbocycles. The zero-order chi connectivity index (χ0) is 22.2. The van der Waals surface area contributed by atoms with Crippen LogP contribution in [0.25, 0.3) is 0 Å². The first-order valence-corrected chi connectivity index (χ1v) is 11.5. The van der Waals surface area contributed by atoms with Gasteiger partial charge in [0.25, 0.3) is 0 Å². The number of aliphatic hydroxyl groups is 2. The lowest BCUT2D eigenvalue weighted by molar-refractivity contribution is -0.228. The maximum Gasteiger partial charge on any atom is 0.410 e. The van der Waals surface area contributed by atoms with Crippen LogP contribution in [-0.4, -0.2) is 71.6 Å². The summed E-state index contributed by atoms with van der Waals surface area (Å²) in [4.78, 5) is 14.4. The van der Waals surface area contributed by atoms with Crippen LogP contribution in [-0.2, 0) is 14.2 Å². The first kappa shape index (κ1) is 23.8. The van der Waals surface area contributed by atoms with E-state index in [2.05, 4.69) is 6.92 Å². The SMILES string of the molecule is COCO[C@H]1C[C@H](C)C[C@H]2C[C@H](O)[C@@]3(O)CCCN(C(=O)OC(C)(C)C)CCC[C@@]213. The zero-order valence-electron chi connectivity index (χ0n) is 19.4. The average Bonchev–Trinajstić information content (AvgIpc) is 2.88. The highest BCUT2D eigenvalue weighted by Gasteiger charge is 2.68. The van der Waals surface area contributed by atoms with Crippen LogP contribution in [0.3, 0.4) is 0 Å². The van der Waals surface area contributed by atoms with Crippen molar-refractivity contribution in [3.63, 3.8) is 0 Å². The van der Waals surface area contributed by atoms with Gasteiger partial charge in [-0.05, 0) is 77.6 Å². The van der Waals surface area contributed by atoms with Crippen molar-refractivity contribution in [3.8, 4) is 0 Å². The van der Waals surface area contributed by atoms with Gasteiger partial charge in [0.2, 0.25) is 0 Å². The van der Waals surface area contributed by atoms with Crippen molar-refractivity contribution < 1.29 is 29.2 Å². The summed E-state index contributed by atoms with van der Waals surface area (Å²) in [6, 6.07) is 0. The van der Waals surface area contributed by atoms with E-state index in [1.54, 1.807) is 12.0 Å². The summed E-state index contributed by atoms with van der Waals surface area (Å²) in [6.45, 7) is 9.12. The third-order valence-electron chi connectivity index (χ3n) is 7.51. The fourth-order valence-corrected chi connectivity index (χ4v) is 6.41. The van der Waals surface area contributed by atoms with Gasteiger partial charge in [-0.3, -0.25) is 0 Å². The second-order valence-electron chi connectivity index (χ2n) is 10.7. The largest absolute Gasteiger partial charge is 0.444 e. The summed E-state index contributed by atoms with van der Waals surface area (Å²) in [5, 5.41) is 23.0. The minimum Gasteiger partial charge on any atom is -0.444 e. The molecule has 3 fully saturated rings. The molecular formula is C23H41NO6. The van der Waals surface area contributed by atoms with E-state index in [1.165, 1.54) is 0 Å². The normalized spacial score (nSPS) is 40.0. The van der Waals surface area contributed by atoms with E-state index in [9.17, 15) is 15.0 Å². The molecule has 7 heteroatoms. The van der Waals surface area contributed by atoms with Gasteiger partial charge in [0.15, 0.2) is 0 Å². The number of carbonyl (C=O) groups is 1. The van der Waals surface area contributed by atoms with E-state index in [0.717, 1.165) is 19.3 Å². The standard InChI is InChI=1S/C23H41NO6/c1-16-12-17-14-18(25)23(27)9-7-11-24(20(26)30-21(2,3)4)10-6-8-22(17,23)19(13-16)29-15-28-5/h16-19,25,27H,6-15H2,1-5H3/t16-,17+,18+,19+,22-,23+/m1/s1. The maximum atomic E-state index is 12.7. The Hall–Kier alpha value is -0.890. The summed E-state index contributed by atoms with van der Waals surface area (Å²) in [6.07, 6.45) is 3.74. The van der Waals surface area contributed by atoms with Gasteiger partial charge in [-0.25, -0.2) is 4.79 Å². The summed E-state index contributed by atoms with van der Waals surface area (Å²) in [5.74, 6) is 0.680. The molecule has 6 atom stereocenters. The first-order valence-electron chi connectivity index (χ1n) is 11.5. The van der Waals surface area contributed by atoms with E-state index >= 15 is 0 Å². The second kappa shape index (κ2) is 8.93. The quantitative estimate of drug-likeness (QED) is 0.672. The van der Waals surface area contributed by atoms with Crippen LogP contribution in [0, 0.1) is 17.3 Å². The number of hydrogen-bond acceptors (Lipinski definition) is 6. The number of rotatable bonds is 3. The van der Waals surface area contributed by atoms with Crippen molar-refractivity contribution in [1.29, 1.82) is 0 Å². The van der Waals surface area contributed by atoms with Crippen LogP contribution in [0.1, 0.15) is 72.6 Å². The molecule has 0 bridgehead atoms. The molecule has 2 N–H and O–H groups in total. The first-order chi connectivity index (χ1) is 14.0. The molecule has 0 unspecified atom stereocenters. The molecule has 0 aromatic carbocycles. The van der Waals surface area contributed by atoms with Gasteiger partial charge >= 0.3 is 6.09 Å². The summed E-state index contributed by atoms with van der Waals surface area (Å²) in [7, 11) is 1.61. The van der Waals surface area contributed by atoms with Gasteiger partial charge in [0, 0.05) is 25.6 Å². The van der Waals surface area contributed by atoms with Crippen LogP contribution in [0.15, 0.2) is 0 Å². The minimum absolute atomic E-state index is 0.165. The minimum atomic E-state index is -1.21. The highest BCUT2D eigenvalue weighted by atomic mass is 16.7. The zero-order valence-corrected chi connectivity index (χ0v) is 19.4. The fraction of sp³-hybridized carbons (Fsp3) is 0.957. The Balaban J connectivity index is 1.87. The van der Waals surface area contributed by atoms with E-state index < -0.39 is 22.7 Å². The molecule has 2 aliphatic carbocycles. The van der Waals surface area contributed by atoms with Gasteiger partial charge in [-0.2, -0.15) is 0 Å². The Labute approximate surface area is 181 Å². The Morgan fingerprint density at radius 1 is 1.13 bits per heavy atom. The summed E-state index contributed by atoms with van der Waals surface area (Å²) < 4.78 is 17.0. The van der Waals surface area contributed by atoms with Crippen LogP contribution >= 0.6 is 0 Å². The molecule has 1 spiro atoms. The van der Waals surface area contributed by atoms with Crippen molar-refractivity contribution in [3.05, 3.63) is 0 Å². The van der Waals surface area contributed by atoms with E-state index in [1.807, 2.05) is 20.8 Å². The molecule has 3 rings (SSSR count). The lowest BCUT2D eigenvalue weighted by Gasteiger charge is -2.54. The second-order valence-corrected chi connectivity index (χ2v) is 10.7. The number of hydrogen-bond donors (Lipinski definition) is 2. The molecule has 30 heavy (non-hydrogen) atoms. The lowest BCUT2D eigenvalue weighted by atomic mass is 9.55. The third kappa shape index (κ3) is 4.36. The van der Waals surface area contributed by atoms with Gasteiger partial charge in [0.05, 0.1) is 17.8 Å². The van der Waals surface area contributed by atoms with Crippen molar-refractivity contribution in [2.24, 2.45) is 17.3 Å². The predicted molar refractivity (Wildman–Crippen MR) is 113 cm³/mol. The number of aliphatic hydroxyl groups excluding tert-OH is 1. The smallest absolute Gasteiger partial charge is 0.410 e. The molecular weight excluding hydrogens is 386 g/mol. The van der Waals surface area contributed by atoms with Crippen molar-refractivity contribution in [2.75, 3.05) is 27.0 Å². The van der Waals surface area contributed by atoms with Gasteiger partial charge in [-0.15, -0.1) is 0 Å². The topological polar surface area (TPSA) is 88.5 Å². The van der Waals surface area contributed by atoms with Gasteiger partial charge in [0.1, 0.15) is 12.4 Å². The van der Waals surface area contributed by atoms with Crippen LogP contribution < -0.4 is 0 Å². The molecule has 0 aromatic rings. The number of methoxy groups -OCH3 is 1. The Morgan fingerprint density at radius 2 is 1.80 bits per heavy atom. The van der Waals surface area contributed by atoms with Gasteiger partial charge < -0.3 is 29.3 Å². The van der Waals surface area contributed by atoms with Crippen molar-refractivity contribution >= 4 is 6.09 Å². The molecule has 1 saturated heterocycles. The highest BCUT2D eigenvalue weighted by molar-refractivity contribution is 5.68. The van der Waals surface area contributed by atoms with Crippen molar-refractivity contribution in [1.82, 2.24) is 4.90 Å². The van der Waals surface area contributed by atoms with Crippen LogP contribution in [0.4, 0.5) is 4.79 Å². The molecule has 7 nitrogen and oxygen atoms in total. The number of nitrogens with zero attached hydrogens (tertiary/aromatic N) is 1. The molecule has 0 aromatic heterocycles. The van der Waals surface area contributed by atoms with Crippen molar-refractivity contribution in [2.45, 2.75) is 96.1 Å². The molecule has 174 valence electrons. The number of ether oxygens (including phenoxy) is 3. The van der Waals surface area contributed by atoms with Crippen LogP contribution in [0.2, 0.25) is 0 Å². The lowest BCUT2D eigenvalue weighted by Crippen LogP contribution is -2.61. The van der Waals surface area contributed by atoms with E-state index in [0.29, 0.717) is 44.7 Å². The summed E-state index contributed by atoms with van der Waals surface area (Å²) >= 11 is 0. The van der Waals surface area contributed by atoms with Gasteiger partial charge in [-0.1, -0.05) is 6.92 Å². The predicted octanol–water partition coefficient (Wildman–Crippen LogP) is 3.31. The molecule has 1 amide bonds. The molecule has 3 aliphatic rings. The molecule has 1 aliphatic heterocycles. The average molecular weight is 428 g/mol. The number of amides is 1. The monoisotopic (exact) mass is 427 g/mol. The number of carbonyl (C=O) groups excluding carboxylic acids is 1. The van der Waals surface area contributed by atoms with E-state index in [4.69, 9.17) is 14.2 Å². The molecule has 1 heterocycles. The fourth-order valence-electron chi connectivity index (χ4n) is 6.41. The summed E-state index contributed by atoms with van der Waals surface area (Å²) in [5.41, 5.74) is -2.26. The Kier molecular flexibility index (Phi) is 7.07. The van der Waals surface area contributed by atoms with E-state index in [-0.39, 0.29) is 24.9 Å². The molecule has 0 radical (unpaired) electrons. The van der Waals surface area contributed by atoms with Crippen LogP contribution in [0.5, 0.6) is 0 Å².